The highest BCUT2D eigenvalue weighted by atomic mass is 16.4. The van der Waals surface area contributed by atoms with Gasteiger partial charge in [-0.2, -0.15) is 0 Å². The molecule has 0 aliphatic carbocycles. The van der Waals surface area contributed by atoms with Gasteiger partial charge in [0.05, 0.1) is 18.3 Å². The van der Waals surface area contributed by atoms with Gasteiger partial charge in [0.2, 0.25) is 0 Å². The zero-order valence-electron chi connectivity index (χ0n) is 8.95. The summed E-state index contributed by atoms with van der Waals surface area (Å²) in [6.07, 6.45) is 1.94. The van der Waals surface area contributed by atoms with Gasteiger partial charge in [-0.15, -0.1) is 5.10 Å². The number of carbonyl (C=O) groups is 1. The van der Waals surface area contributed by atoms with Gasteiger partial charge in [-0.25, -0.2) is 4.68 Å². The number of para-hydroxylation sites is 2. The molecule has 0 spiro atoms. The summed E-state index contributed by atoms with van der Waals surface area (Å²) in [6, 6.07) is 6.73. The van der Waals surface area contributed by atoms with Gasteiger partial charge in [0.1, 0.15) is 11.4 Å². The Morgan fingerprint density at radius 3 is 2.82 bits per heavy atom. The monoisotopic (exact) mass is 233 g/mol. The van der Waals surface area contributed by atoms with Crippen molar-refractivity contribution in [2.45, 2.75) is 12.8 Å². The quantitative estimate of drug-likeness (QED) is 0.822. The lowest BCUT2D eigenvalue weighted by atomic mass is 10.2. The Hall–Kier alpha value is -2.37. The van der Waals surface area contributed by atoms with Gasteiger partial charge in [-0.3, -0.25) is 4.79 Å². The molecule has 6 nitrogen and oxygen atoms in total. The number of benzene rings is 1. The summed E-state index contributed by atoms with van der Waals surface area (Å²) in [5.74, 6) is -0.774. The van der Waals surface area contributed by atoms with E-state index in [2.05, 4.69) is 10.3 Å². The number of aliphatic carboxylic acids is 1. The van der Waals surface area contributed by atoms with Crippen LogP contribution in [0.5, 0.6) is 5.75 Å². The molecule has 0 unspecified atom stereocenters. The van der Waals surface area contributed by atoms with Crippen LogP contribution in [0.4, 0.5) is 0 Å². The zero-order valence-corrected chi connectivity index (χ0v) is 8.95. The third-order valence-corrected chi connectivity index (χ3v) is 2.26. The predicted molar refractivity (Wildman–Crippen MR) is 59.0 cm³/mol. The zero-order chi connectivity index (χ0) is 12.3. The van der Waals surface area contributed by atoms with Gasteiger partial charge < -0.3 is 10.2 Å². The van der Waals surface area contributed by atoms with Crippen LogP contribution in [0.2, 0.25) is 0 Å². The number of carboxylic acid groups (broad SMARTS) is 1. The molecular formula is C11H11N3O3. The van der Waals surface area contributed by atoms with E-state index in [0.29, 0.717) is 17.8 Å². The first kappa shape index (κ1) is 11.1. The Morgan fingerprint density at radius 2 is 2.12 bits per heavy atom. The number of aromatic hydroxyl groups is 1. The fourth-order valence-corrected chi connectivity index (χ4v) is 1.42. The lowest BCUT2D eigenvalue weighted by molar-refractivity contribution is -0.136. The van der Waals surface area contributed by atoms with E-state index in [1.54, 1.807) is 30.5 Å². The van der Waals surface area contributed by atoms with Crippen molar-refractivity contribution in [1.29, 1.82) is 0 Å². The molecule has 2 rings (SSSR count). The number of aryl methyl sites for hydroxylation is 1. The first-order valence-electron chi connectivity index (χ1n) is 5.08. The highest BCUT2D eigenvalue weighted by Gasteiger charge is 2.07. The number of rotatable bonds is 4. The Morgan fingerprint density at radius 1 is 1.35 bits per heavy atom. The Bertz CT molecular complexity index is 536. The molecule has 6 heteroatoms. The normalized spacial score (nSPS) is 10.4. The minimum Gasteiger partial charge on any atom is -0.506 e. The molecule has 0 atom stereocenters. The number of hydrogen-bond donors (Lipinski definition) is 2. The van der Waals surface area contributed by atoms with E-state index in [9.17, 15) is 9.90 Å². The molecule has 0 aliphatic heterocycles. The Balaban J connectivity index is 2.18. The molecule has 0 amide bonds. The third kappa shape index (κ3) is 2.60. The molecule has 17 heavy (non-hydrogen) atoms. The summed E-state index contributed by atoms with van der Waals surface area (Å²) in [5.41, 5.74) is 1.09. The second-order valence-corrected chi connectivity index (χ2v) is 3.54. The van der Waals surface area contributed by atoms with Crippen LogP contribution in [-0.4, -0.2) is 31.2 Å². The summed E-state index contributed by atoms with van der Waals surface area (Å²) >= 11 is 0. The van der Waals surface area contributed by atoms with Crippen molar-refractivity contribution in [2.75, 3.05) is 0 Å². The number of carboxylic acids is 1. The smallest absolute Gasteiger partial charge is 0.303 e. The maximum absolute atomic E-state index is 10.4. The molecule has 0 fully saturated rings. The van der Waals surface area contributed by atoms with Gasteiger partial charge in [-0.05, 0) is 12.1 Å². The van der Waals surface area contributed by atoms with E-state index in [0.717, 1.165) is 0 Å². The van der Waals surface area contributed by atoms with Crippen LogP contribution in [0.15, 0.2) is 30.5 Å². The molecule has 0 radical (unpaired) electrons. The maximum atomic E-state index is 10.4. The predicted octanol–water partition coefficient (Wildman–Crippen LogP) is 0.990. The van der Waals surface area contributed by atoms with E-state index >= 15 is 0 Å². The summed E-state index contributed by atoms with van der Waals surface area (Å²) in [5, 5.41) is 25.8. The summed E-state index contributed by atoms with van der Waals surface area (Å²) < 4.78 is 1.42. The number of hydrogen-bond acceptors (Lipinski definition) is 4. The topological polar surface area (TPSA) is 88.2 Å². The fraction of sp³-hybridized carbons (Fsp3) is 0.182. The molecule has 0 aliphatic rings. The lowest BCUT2D eigenvalue weighted by Crippen LogP contribution is -1.97. The highest BCUT2D eigenvalue weighted by molar-refractivity contribution is 5.66. The summed E-state index contributed by atoms with van der Waals surface area (Å²) in [7, 11) is 0. The first-order valence-corrected chi connectivity index (χ1v) is 5.08. The van der Waals surface area contributed by atoms with Gasteiger partial charge in [0.15, 0.2) is 0 Å². The van der Waals surface area contributed by atoms with Gasteiger partial charge >= 0.3 is 5.97 Å². The molecule has 1 heterocycles. The summed E-state index contributed by atoms with van der Waals surface area (Å²) in [6.45, 7) is 0. The van der Waals surface area contributed by atoms with Crippen molar-refractivity contribution >= 4 is 5.97 Å². The average molecular weight is 233 g/mol. The van der Waals surface area contributed by atoms with E-state index < -0.39 is 5.97 Å². The Kier molecular flexibility index (Phi) is 3.04. The highest BCUT2D eigenvalue weighted by Crippen LogP contribution is 2.19. The van der Waals surface area contributed by atoms with E-state index in [1.807, 2.05) is 0 Å². The number of phenols is 1. The fourth-order valence-electron chi connectivity index (χ4n) is 1.42. The van der Waals surface area contributed by atoms with Crippen LogP contribution in [0.1, 0.15) is 12.1 Å². The largest absolute Gasteiger partial charge is 0.506 e. The average Bonchev–Trinajstić information content (AvgIpc) is 2.75. The molecular weight excluding hydrogens is 222 g/mol. The second-order valence-electron chi connectivity index (χ2n) is 3.54. The molecule has 0 saturated carbocycles. The maximum Gasteiger partial charge on any atom is 0.303 e. The number of aromatic nitrogens is 3. The molecule has 1 aromatic heterocycles. The molecule has 0 bridgehead atoms. The van der Waals surface area contributed by atoms with E-state index in [1.165, 1.54) is 4.68 Å². The standard InChI is InChI=1S/C11H11N3O3/c15-10-4-2-1-3-9(10)14-7-8(12-13-14)5-6-11(16)17/h1-4,7,15H,5-6H2,(H,16,17). The molecule has 2 N–H and O–H groups in total. The van der Waals surface area contributed by atoms with Crippen molar-refractivity contribution in [1.82, 2.24) is 15.0 Å². The van der Waals surface area contributed by atoms with Crippen LogP contribution in [0.3, 0.4) is 0 Å². The van der Waals surface area contributed by atoms with Crippen molar-refractivity contribution in [3.8, 4) is 11.4 Å². The van der Waals surface area contributed by atoms with Crippen molar-refractivity contribution in [2.24, 2.45) is 0 Å². The molecule has 1 aromatic carbocycles. The summed E-state index contributed by atoms with van der Waals surface area (Å²) in [4.78, 5) is 10.4. The van der Waals surface area contributed by atoms with Crippen LogP contribution in [0.25, 0.3) is 5.69 Å². The lowest BCUT2D eigenvalue weighted by Gasteiger charge is -2.01. The first-order chi connectivity index (χ1) is 8.16. The molecule has 88 valence electrons. The van der Waals surface area contributed by atoms with Crippen LogP contribution in [0, 0.1) is 0 Å². The number of nitrogens with zero attached hydrogens (tertiary/aromatic N) is 3. The van der Waals surface area contributed by atoms with Crippen molar-refractivity contribution in [3.63, 3.8) is 0 Å². The third-order valence-electron chi connectivity index (χ3n) is 2.26. The SMILES string of the molecule is O=C(O)CCc1cn(-c2ccccc2O)nn1. The van der Waals surface area contributed by atoms with E-state index in [4.69, 9.17) is 5.11 Å². The van der Waals surface area contributed by atoms with E-state index in [-0.39, 0.29) is 12.2 Å². The van der Waals surface area contributed by atoms with Gasteiger partial charge in [0, 0.05) is 6.42 Å². The Labute approximate surface area is 97.1 Å². The van der Waals surface area contributed by atoms with Crippen LogP contribution < -0.4 is 0 Å². The van der Waals surface area contributed by atoms with Crippen molar-refractivity contribution in [3.05, 3.63) is 36.2 Å². The van der Waals surface area contributed by atoms with Crippen LogP contribution >= 0.6 is 0 Å². The van der Waals surface area contributed by atoms with Crippen LogP contribution in [-0.2, 0) is 11.2 Å². The molecule has 2 aromatic rings. The minimum absolute atomic E-state index is 0.0134. The number of phenolic OH excluding ortho intramolecular Hbond substituents is 1. The van der Waals surface area contributed by atoms with Gasteiger partial charge in [0.25, 0.3) is 0 Å². The molecule has 0 saturated heterocycles. The minimum atomic E-state index is -0.873. The van der Waals surface area contributed by atoms with Crippen molar-refractivity contribution < 1.29 is 15.0 Å². The van der Waals surface area contributed by atoms with Gasteiger partial charge in [-0.1, -0.05) is 17.3 Å². The second kappa shape index (κ2) is 4.65.